The lowest BCUT2D eigenvalue weighted by Gasteiger charge is -2.15. The van der Waals surface area contributed by atoms with Gasteiger partial charge in [0.2, 0.25) is 0 Å². The summed E-state index contributed by atoms with van der Waals surface area (Å²) >= 11 is 0. The van der Waals surface area contributed by atoms with E-state index in [1.165, 1.54) is 12.4 Å². The van der Waals surface area contributed by atoms with Crippen LogP contribution in [-0.2, 0) is 16.0 Å². The summed E-state index contributed by atoms with van der Waals surface area (Å²) in [7, 11) is 0. The number of hydrogen-bond donors (Lipinski definition) is 1. The fourth-order valence-electron chi connectivity index (χ4n) is 1.16. The zero-order valence-electron chi connectivity index (χ0n) is 7.62. The molecule has 1 aromatic heterocycles. The molecule has 0 aliphatic rings. The highest BCUT2D eigenvalue weighted by Crippen LogP contribution is 2.24. The van der Waals surface area contributed by atoms with Gasteiger partial charge in [0.25, 0.3) is 6.47 Å². The Kier molecular flexibility index (Phi) is 3.70. The molecule has 0 aromatic carbocycles. The summed E-state index contributed by atoms with van der Waals surface area (Å²) in [5.41, 5.74) is 0.561. The van der Waals surface area contributed by atoms with Gasteiger partial charge in [0.1, 0.15) is 6.10 Å². The Morgan fingerprint density at radius 1 is 1.60 bits per heavy atom. The molecule has 0 radical (unpaired) electrons. The smallest absolute Gasteiger partial charge is 0.392 e. The summed E-state index contributed by atoms with van der Waals surface area (Å²) in [6, 6.07) is 0. The molecule has 7 heteroatoms. The second-order valence-corrected chi connectivity index (χ2v) is 2.98. The van der Waals surface area contributed by atoms with Gasteiger partial charge in [-0.15, -0.1) is 0 Å². The van der Waals surface area contributed by atoms with E-state index in [-0.39, 0.29) is 12.9 Å². The van der Waals surface area contributed by atoms with Crippen LogP contribution in [0.15, 0.2) is 12.4 Å². The second-order valence-electron chi connectivity index (χ2n) is 2.98. The minimum atomic E-state index is -4.35. The number of ether oxygens (including phenoxy) is 1. The molecule has 1 aromatic rings. The van der Waals surface area contributed by atoms with E-state index >= 15 is 0 Å². The Bertz CT molecular complexity index is 297. The summed E-state index contributed by atoms with van der Waals surface area (Å²) in [6.45, 7) is 0.0243. The first-order chi connectivity index (χ1) is 7.01. The third-order valence-electron chi connectivity index (χ3n) is 1.73. The number of carbonyl (C=O) groups excluding carboxylic acids is 1. The fourth-order valence-corrected chi connectivity index (χ4v) is 1.16. The Morgan fingerprint density at radius 3 is 2.80 bits per heavy atom. The normalized spacial score (nSPS) is 13.5. The Balaban J connectivity index is 2.54. The van der Waals surface area contributed by atoms with Crippen molar-refractivity contribution in [2.45, 2.75) is 25.1 Å². The van der Waals surface area contributed by atoms with Crippen LogP contribution in [0.4, 0.5) is 13.2 Å². The first-order valence-electron chi connectivity index (χ1n) is 4.15. The van der Waals surface area contributed by atoms with E-state index in [0.29, 0.717) is 5.56 Å². The van der Waals surface area contributed by atoms with Crippen molar-refractivity contribution in [1.29, 1.82) is 0 Å². The Morgan fingerprint density at radius 2 is 2.33 bits per heavy atom. The zero-order chi connectivity index (χ0) is 11.3. The van der Waals surface area contributed by atoms with Gasteiger partial charge in [-0.05, 0) is 5.56 Å². The SMILES string of the molecule is O=COC(Cc1cn[nH]c1)CC(F)(F)F. The maximum absolute atomic E-state index is 12.0. The second kappa shape index (κ2) is 4.81. The highest BCUT2D eigenvalue weighted by Gasteiger charge is 2.33. The van der Waals surface area contributed by atoms with E-state index in [0.717, 1.165) is 0 Å². The average molecular weight is 222 g/mol. The number of hydrogen-bond acceptors (Lipinski definition) is 3. The van der Waals surface area contributed by atoms with Crippen LogP contribution < -0.4 is 0 Å². The Hall–Kier alpha value is -1.53. The summed E-state index contributed by atoms with van der Waals surface area (Å²) in [6.07, 6.45) is -3.86. The van der Waals surface area contributed by atoms with Gasteiger partial charge in [0.15, 0.2) is 0 Å². The van der Waals surface area contributed by atoms with Gasteiger partial charge in [0, 0.05) is 12.6 Å². The predicted molar refractivity (Wildman–Crippen MR) is 43.9 cm³/mol. The number of halogens is 3. The van der Waals surface area contributed by atoms with Crippen LogP contribution >= 0.6 is 0 Å². The van der Waals surface area contributed by atoms with Crippen LogP contribution in [-0.4, -0.2) is 28.9 Å². The molecule has 0 saturated carbocycles. The lowest BCUT2D eigenvalue weighted by atomic mass is 10.1. The molecule has 0 aliphatic heterocycles. The highest BCUT2D eigenvalue weighted by atomic mass is 19.4. The molecule has 1 unspecified atom stereocenters. The van der Waals surface area contributed by atoms with Gasteiger partial charge in [0.05, 0.1) is 12.6 Å². The molecule has 0 aliphatic carbocycles. The largest absolute Gasteiger partial charge is 0.464 e. The van der Waals surface area contributed by atoms with Crippen molar-refractivity contribution in [3.63, 3.8) is 0 Å². The van der Waals surface area contributed by atoms with Crippen LogP contribution in [0.5, 0.6) is 0 Å². The lowest BCUT2D eigenvalue weighted by Crippen LogP contribution is -2.24. The van der Waals surface area contributed by atoms with E-state index in [4.69, 9.17) is 0 Å². The third-order valence-corrected chi connectivity index (χ3v) is 1.73. The topological polar surface area (TPSA) is 55.0 Å². The number of alkyl halides is 3. The highest BCUT2D eigenvalue weighted by molar-refractivity contribution is 5.37. The van der Waals surface area contributed by atoms with Crippen molar-refractivity contribution >= 4 is 6.47 Å². The maximum Gasteiger partial charge on any atom is 0.392 e. The monoisotopic (exact) mass is 222 g/mol. The van der Waals surface area contributed by atoms with Gasteiger partial charge in [-0.25, -0.2) is 0 Å². The molecule has 84 valence electrons. The number of aromatic nitrogens is 2. The summed E-state index contributed by atoms with van der Waals surface area (Å²) in [5.74, 6) is 0. The predicted octanol–water partition coefficient (Wildman–Crippen LogP) is 1.45. The van der Waals surface area contributed by atoms with E-state index in [1.54, 1.807) is 0 Å². The molecular weight excluding hydrogens is 213 g/mol. The number of nitrogens with one attached hydrogen (secondary N) is 1. The molecule has 15 heavy (non-hydrogen) atoms. The number of aromatic amines is 1. The molecule has 4 nitrogen and oxygen atoms in total. The molecule has 0 bridgehead atoms. The van der Waals surface area contributed by atoms with E-state index in [1.807, 2.05) is 0 Å². The third kappa shape index (κ3) is 4.48. The van der Waals surface area contributed by atoms with Crippen molar-refractivity contribution in [2.24, 2.45) is 0 Å². The zero-order valence-corrected chi connectivity index (χ0v) is 7.62. The molecule has 1 atom stereocenters. The number of nitrogens with zero attached hydrogens (tertiary/aromatic N) is 1. The molecular formula is C8H9F3N2O2. The molecule has 0 saturated heterocycles. The minimum absolute atomic E-state index is 0.00521. The van der Waals surface area contributed by atoms with Crippen LogP contribution in [0.3, 0.4) is 0 Å². The van der Waals surface area contributed by atoms with Gasteiger partial charge in [-0.3, -0.25) is 9.89 Å². The average Bonchev–Trinajstić information content (AvgIpc) is 2.54. The Labute approximate surface area is 83.4 Å². The molecule has 0 spiro atoms. The standard InChI is InChI=1S/C8H9F3N2O2/c9-8(10,11)2-7(15-5-14)1-6-3-12-13-4-6/h3-5,7H,1-2H2,(H,12,13). The first kappa shape index (κ1) is 11.5. The molecule has 0 fully saturated rings. The maximum atomic E-state index is 12.0. The number of H-pyrrole nitrogens is 1. The fraction of sp³-hybridized carbons (Fsp3) is 0.500. The number of rotatable bonds is 5. The van der Waals surface area contributed by atoms with Crippen molar-refractivity contribution in [1.82, 2.24) is 10.2 Å². The lowest BCUT2D eigenvalue weighted by molar-refractivity contribution is -0.164. The van der Waals surface area contributed by atoms with Crippen molar-refractivity contribution in [2.75, 3.05) is 0 Å². The van der Waals surface area contributed by atoms with Crippen LogP contribution in [0, 0.1) is 0 Å². The van der Waals surface area contributed by atoms with Gasteiger partial charge in [-0.1, -0.05) is 0 Å². The number of carbonyl (C=O) groups is 1. The quantitative estimate of drug-likeness (QED) is 0.767. The van der Waals surface area contributed by atoms with Crippen molar-refractivity contribution in [3.8, 4) is 0 Å². The summed E-state index contributed by atoms with van der Waals surface area (Å²) < 4.78 is 40.5. The van der Waals surface area contributed by atoms with Crippen LogP contribution in [0.25, 0.3) is 0 Å². The first-order valence-corrected chi connectivity index (χ1v) is 4.15. The van der Waals surface area contributed by atoms with E-state index in [9.17, 15) is 18.0 Å². The van der Waals surface area contributed by atoms with Crippen molar-refractivity contribution < 1.29 is 22.7 Å². The molecule has 0 amide bonds. The van der Waals surface area contributed by atoms with Gasteiger partial charge in [-0.2, -0.15) is 18.3 Å². The van der Waals surface area contributed by atoms with E-state index in [2.05, 4.69) is 14.9 Å². The minimum Gasteiger partial charge on any atom is -0.464 e. The summed E-state index contributed by atoms with van der Waals surface area (Å²) in [5, 5.41) is 6.05. The van der Waals surface area contributed by atoms with Crippen molar-refractivity contribution in [3.05, 3.63) is 18.0 Å². The van der Waals surface area contributed by atoms with Crippen LogP contribution in [0.1, 0.15) is 12.0 Å². The van der Waals surface area contributed by atoms with Gasteiger partial charge < -0.3 is 4.74 Å². The molecule has 1 N–H and O–H groups in total. The molecule has 1 heterocycles. The van der Waals surface area contributed by atoms with Gasteiger partial charge >= 0.3 is 6.18 Å². The molecule has 1 rings (SSSR count). The van der Waals surface area contributed by atoms with Crippen LogP contribution in [0.2, 0.25) is 0 Å². The summed E-state index contributed by atoms with van der Waals surface area (Å²) in [4.78, 5) is 10.0. The van der Waals surface area contributed by atoms with E-state index < -0.39 is 18.7 Å².